The van der Waals surface area contributed by atoms with E-state index in [1.54, 1.807) is 40.9 Å². The van der Waals surface area contributed by atoms with E-state index in [1.807, 2.05) is 12.5 Å². The van der Waals surface area contributed by atoms with Crippen molar-refractivity contribution in [2.24, 2.45) is 0 Å². The fourth-order valence-electron chi connectivity index (χ4n) is 2.11. The Hall–Kier alpha value is -1.31. The Kier molecular flexibility index (Phi) is 4.56. The largest absolute Gasteiger partial charge is 0.384 e. The van der Waals surface area contributed by atoms with Crippen LogP contribution in [0.4, 0.5) is 5.82 Å². The molecule has 0 spiro atoms. The Bertz CT molecular complexity index is 816. The van der Waals surface area contributed by atoms with E-state index in [2.05, 4.69) is 40.9 Å². The second-order valence-corrected chi connectivity index (χ2v) is 8.30. The average molecular weight is 349 g/mol. The lowest BCUT2D eigenvalue weighted by molar-refractivity contribution is 0.889. The van der Waals surface area contributed by atoms with Gasteiger partial charge < -0.3 is 5.73 Å². The van der Waals surface area contributed by atoms with Crippen LogP contribution in [0.3, 0.4) is 0 Å². The number of aromatic nitrogens is 3. The molecule has 3 aromatic heterocycles. The van der Waals surface area contributed by atoms with E-state index in [1.165, 1.54) is 15.0 Å². The fourth-order valence-corrected chi connectivity index (χ4v) is 4.34. The minimum absolute atomic E-state index is 0.168. The molecule has 7 heteroatoms. The van der Waals surface area contributed by atoms with Crippen LogP contribution in [0.1, 0.15) is 22.7 Å². The van der Waals surface area contributed by atoms with Crippen molar-refractivity contribution in [1.29, 1.82) is 0 Å². The number of pyridine rings is 1. The number of nitrogens with two attached hydrogens (primary N) is 1. The molecule has 0 saturated carbocycles. The number of hydrogen-bond donors (Lipinski definition) is 1. The fraction of sp³-hybridized carbons (Fsp3) is 0.267. The molecule has 0 fully saturated rings. The highest BCUT2D eigenvalue weighted by Crippen LogP contribution is 2.35. The van der Waals surface area contributed by atoms with Gasteiger partial charge in [0.25, 0.3) is 0 Å². The zero-order valence-electron chi connectivity index (χ0n) is 12.5. The van der Waals surface area contributed by atoms with Crippen LogP contribution in [0.5, 0.6) is 0 Å². The Morgan fingerprint density at radius 1 is 1.23 bits per heavy atom. The van der Waals surface area contributed by atoms with E-state index in [0.717, 1.165) is 10.7 Å². The molecule has 0 aliphatic carbocycles. The molecule has 3 aromatic rings. The zero-order valence-corrected chi connectivity index (χ0v) is 15.0. The first-order chi connectivity index (χ1) is 10.5. The van der Waals surface area contributed by atoms with Gasteiger partial charge in [-0.1, -0.05) is 11.8 Å². The molecule has 0 bridgehead atoms. The molecule has 0 aliphatic heterocycles. The van der Waals surface area contributed by atoms with Crippen molar-refractivity contribution < 1.29 is 0 Å². The first-order valence-electron chi connectivity index (χ1n) is 6.76. The van der Waals surface area contributed by atoms with Crippen molar-refractivity contribution in [1.82, 2.24) is 15.0 Å². The minimum Gasteiger partial charge on any atom is -0.384 e. The average Bonchev–Trinajstić information content (AvgIpc) is 2.85. The maximum Gasteiger partial charge on any atom is 0.191 e. The third-order valence-corrected chi connectivity index (χ3v) is 5.77. The smallest absolute Gasteiger partial charge is 0.191 e. The van der Waals surface area contributed by atoms with Gasteiger partial charge in [-0.25, -0.2) is 9.97 Å². The Morgan fingerprint density at radius 3 is 2.82 bits per heavy atom. The summed E-state index contributed by atoms with van der Waals surface area (Å²) in [5, 5.41) is 3.00. The van der Waals surface area contributed by atoms with Crippen molar-refractivity contribution in [3.63, 3.8) is 0 Å². The molecule has 3 rings (SSSR count). The van der Waals surface area contributed by atoms with Crippen molar-refractivity contribution in [3.05, 3.63) is 35.0 Å². The molecule has 2 N–H and O–H groups in total. The lowest BCUT2D eigenvalue weighted by Gasteiger charge is -2.10. The van der Waals surface area contributed by atoms with Crippen LogP contribution >= 0.6 is 34.9 Å². The Balaban J connectivity index is 1.86. The molecule has 0 aliphatic rings. The molecule has 1 unspecified atom stereocenters. The maximum absolute atomic E-state index is 5.83. The van der Waals surface area contributed by atoms with E-state index in [-0.39, 0.29) is 5.25 Å². The van der Waals surface area contributed by atoms with Crippen LogP contribution in [-0.2, 0) is 0 Å². The summed E-state index contributed by atoms with van der Waals surface area (Å²) in [6.07, 6.45) is 3.93. The summed E-state index contributed by atoms with van der Waals surface area (Å²) in [6.45, 7) is 4.23. The highest BCUT2D eigenvalue weighted by Gasteiger charge is 2.13. The van der Waals surface area contributed by atoms with Gasteiger partial charge in [-0.15, -0.1) is 23.1 Å². The highest BCUT2D eigenvalue weighted by atomic mass is 32.2. The van der Waals surface area contributed by atoms with Gasteiger partial charge in [0.15, 0.2) is 5.16 Å². The monoisotopic (exact) mass is 348 g/mol. The van der Waals surface area contributed by atoms with E-state index in [0.29, 0.717) is 11.0 Å². The van der Waals surface area contributed by atoms with Gasteiger partial charge in [0.05, 0.1) is 15.6 Å². The Morgan fingerprint density at radius 2 is 2.05 bits per heavy atom. The second kappa shape index (κ2) is 6.44. The SMILES string of the molecule is CSc1cc(N)nc(SC(C)c2cc3cc(C)sc3cn2)n1. The number of anilines is 1. The number of nitrogens with zero attached hydrogens (tertiary/aromatic N) is 3. The van der Waals surface area contributed by atoms with Gasteiger partial charge >= 0.3 is 0 Å². The van der Waals surface area contributed by atoms with Crippen LogP contribution in [0.15, 0.2) is 34.6 Å². The predicted octanol–water partition coefficient (Wildman–Crippen LogP) is 4.55. The molecule has 4 nitrogen and oxygen atoms in total. The van der Waals surface area contributed by atoms with Crippen LogP contribution in [-0.4, -0.2) is 21.2 Å². The first kappa shape index (κ1) is 15.6. The van der Waals surface area contributed by atoms with Gasteiger partial charge in [0, 0.05) is 17.1 Å². The maximum atomic E-state index is 5.83. The molecule has 3 heterocycles. The summed E-state index contributed by atoms with van der Waals surface area (Å²) in [4.78, 5) is 14.7. The van der Waals surface area contributed by atoms with E-state index < -0.39 is 0 Å². The molecular formula is C15H16N4S3. The molecule has 22 heavy (non-hydrogen) atoms. The van der Waals surface area contributed by atoms with Crippen LogP contribution in [0.2, 0.25) is 0 Å². The third kappa shape index (κ3) is 3.37. The summed E-state index contributed by atoms with van der Waals surface area (Å²) in [6, 6.07) is 6.14. The summed E-state index contributed by atoms with van der Waals surface area (Å²) >= 11 is 4.92. The zero-order chi connectivity index (χ0) is 15.7. The molecule has 0 amide bonds. The van der Waals surface area contributed by atoms with Crippen LogP contribution in [0, 0.1) is 6.92 Å². The molecule has 114 valence electrons. The quantitative estimate of drug-likeness (QED) is 0.424. The molecule has 1 atom stereocenters. The third-order valence-electron chi connectivity index (χ3n) is 3.16. The number of fused-ring (bicyclic) bond motifs is 1. The standard InChI is InChI=1S/C15H16N4S3/c1-8-4-10-5-11(17-7-12(10)21-8)9(2)22-15-18-13(16)6-14(19-15)20-3/h4-7,9H,1-3H3,(H2,16,18,19). The lowest BCUT2D eigenvalue weighted by Crippen LogP contribution is -1.98. The van der Waals surface area contributed by atoms with Gasteiger partial charge in [-0.3, -0.25) is 4.98 Å². The summed E-state index contributed by atoms with van der Waals surface area (Å²) in [7, 11) is 0. The van der Waals surface area contributed by atoms with Crippen molar-refractivity contribution in [2.45, 2.75) is 29.3 Å². The number of hydrogen-bond acceptors (Lipinski definition) is 7. The van der Waals surface area contributed by atoms with E-state index in [4.69, 9.17) is 5.73 Å². The molecule has 0 radical (unpaired) electrons. The van der Waals surface area contributed by atoms with Gasteiger partial charge in [0.2, 0.25) is 0 Å². The summed E-state index contributed by atoms with van der Waals surface area (Å²) < 4.78 is 1.23. The van der Waals surface area contributed by atoms with Crippen molar-refractivity contribution >= 4 is 50.8 Å². The molecular weight excluding hydrogens is 332 g/mol. The molecule has 0 saturated heterocycles. The van der Waals surface area contributed by atoms with E-state index >= 15 is 0 Å². The Labute approximate surface area is 142 Å². The number of aryl methyl sites for hydroxylation is 1. The minimum atomic E-state index is 0.168. The first-order valence-corrected chi connectivity index (χ1v) is 9.68. The van der Waals surface area contributed by atoms with Gasteiger partial charge in [-0.2, -0.15) is 0 Å². The number of thiophene rings is 1. The number of nitrogen functional groups attached to an aromatic ring is 1. The van der Waals surface area contributed by atoms with Crippen LogP contribution < -0.4 is 5.73 Å². The summed E-state index contributed by atoms with van der Waals surface area (Å²) in [5.74, 6) is 0.505. The van der Waals surface area contributed by atoms with Crippen molar-refractivity contribution in [2.75, 3.05) is 12.0 Å². The number of thioether (sulfide) groups is 2. The van der Waals surface area contributed by atoms with E-state index in [9.17, 15) is 0 Å². The highest BCUT2D eigenvalue weighted by molar-refractivity contribution is 7.99. The van der Waals surface area contributed by atoms with Crippen LogP contribution in [0.25, 0.3) is 10.1 Å². The summed E-state index contributed by atoms with van der Waals surface area (Å²) in [5.41, 5.74) is 6.87. The predicted molar refractivity (Wildman–Crippen MR) is 96.9 cm³/mol. The normalized spacial score (nSPS) is 12.7. The molecule has 0 aromatic carbocycles. The topological polar surface area (TPSA) is 64.7 Å². The number of rotatable bonds is 4. The van der Waals surface area contributed by atoms with Gasteiger partial charge in [-0.05, 0) is 37.6 Å². The van der Waals surface area contributed by atoms with Crippen molar-refractivity contribution in [3.8, 4) is 0 Å². The lowest BCUT2D eigenvalue weighted by atomic mass is 10.2. The second-order valence-electron chi connectivity index (χ2n) is 4.88. The van der Waals surface area contributed by atoms with Gasteiger partial charge in [0.1, 0.15) is 10.8 Å².